The number of hydrogen-bond donors (Lipinski definition) is 1. The van der Waals surface area contributed by atoms with Crippen LogP contribution in [0.25, 0.3) is 0 Å². The van der Waals surface area contributed by atoms with E-state index in [0.717, 1.165) is 12.8 Å². The van der Waals surface area contributed by atoms with Gasteiger partial charge in [0.2, 0.25) is 5.91 Å². The molecule has 1 N–H and O–H groups in total. The third-order valence-corrected chi connectivity index (χ3v) is 4.01. The molecule has 1 aliphatic carbocycles. The normalized spacial score (nSPS) is 15.7. The zero-order valence-electron chi connectivity index (χ0n) is 12.0. The van der Waals surface area contributed by atoms with Crippen LogP contribution in [0.4, 0.5) is 0 Å². The monoisotopic (exact) mass is 275 g/mol. The van der Waals surface area contributed by atoms with Gasteiger partial charge in [-0.2, -0.15) is 0 Å². The Morgan fingerprint density at radius 1 is 1.30 bits per heavy atom. The van der Waals surface area contributed by atoms with Gasteiger partial charge in [0.05, 0.1) is 5.92 Å². The van der Waals surface area contributed by atoms with E-state index in [2.05, 4.69) is 12.1 Å². The lowest BCUT2D eigenvalue weighted by Crippen LogP contribution is -2.40. The van der Waals surface area contributed by atoms with Crippen molar-refractivity contribution >= 4 is 11.9 Å². The summed E-state index contributed by atoms with van der Waals surface area (Å²) < 4.78 is 0. The van der Waals surface area contributed by atoms with Gasteiger partial charge in [-0.3, -0.25) is 9.59 Å². The van der Waals surface area contributed by atoms with Crippen molar-refractivity contribution < 1.29 is 14.7 Å². The van der Waals surface area contributed by atoms with Crippen LogP contribution in [-0.2, 0) is 22.4 Å². The summed E-state index contributed by atoms with van der Waals surface area (Å²) in [6.45, 7) is 4.39. The van der Waals surface area contributed by atoms with Gasteiger partial charge in [0.15, 0.2) is 0 Å². The van der Waals surface area contributed by atoms with Crippen LogP contribution in [0.15, 0.2) is 24.3 Å². The van der Waals surface area contributed by atoms with Gasteiger partial charge in [-0.15, -0.1) is 0 Å². The minimum atomic E-state index is -0.856. The second-order valence-electron chi connectivity index (χ2n) is 5.49. The molecule has 0 aliphatic heterocycles. The summed E-state index contributed by atoms with van der Waals surface area (Å²) >= 11 is 0. The Morgan fingerprint density at radius 3 is 2.30 bits per heavy atom. The van der Waals surface area contributed by atoms with Crippen molar-refractivity contribution in [3.05, 3.63) is 35.4 Å². The quantitative estimate of drug-likeness (QED) is 0.894. The minimum Gasteiger partial charge on any atom is -0.481 e. The molecule has 0 bridgehead atoms. The molecule has 1 aliphatic rings. The average Bonchev–Trinajstić information content (AvgIpc) is 2.87. The zero-order chi connectivity index (χ0) is 14.7. The van der Waals surface area contributed by atoms with Gasteiger partial charge in [-0.25, -0.2) is 0 Å². The highest BCUT2D eigenvalue weighted by molar-refractivity contribution is 5.81. The number of amides is 1. The lowest BCUT2D eigenvalue weighted by atomic mass is 10.0. The fourth-order valence-electron chi connectivity index (χ4n) is 2.78. The van der Waals surface area contributed by atoms with E-state index in [1.165, 1.54) is 11.1 Å². The molecule has 0 saturated carbocycles. The topological polar surface area (TPSA) is 57.6 Å². The van der Waals surface area contributed by atoms with Crippen molar-refractivity contribution in [1.29, 1.82) is 0 Å². The number of aliphatic carboxylic acids is 1. The Hall–Kier alpha value is -1.84. The molecule has 1 aromatic carbocycles. The van der Waals surface area contributed by atoms with Gasteiger partial charge in [-0.1, -0.05) is 31.2 Å². The highest BCUT2D eigenvalue weighted by Gasteiger charge is 2.31. The number of carbonyl (C=O) groups is 2. The van der Waals surface area contributed by atoms with E-state index in [1.807, 2.05) is 19.1 Å². The summed E-state index contributed by atoms with van der Waals surface area (Å²) in [6, 6.07) is 8.13. The lowest BCUT2D eigenvalue weighted by Gasteiger charge is -2.25. The lowest BCUT2D eigenvalue weighted by molar-refractivity contribution is -0.143. The van der Waals surface area contributed by atoms with Crippen molar-refractivity contribution in [1.82, 2.24) is 4.90 Å². The number of rotatable bonds is 5. The Kier molecular flexibility index (Phi) is 4.42. The predicted octanol–water partition coefficient (Wildman–Crippen LogP) is 1.97. The van der Waals surface area contributed by atoms with Crippen LogP contribution in [0.5, 0.6) is 0 Å². The van der Waals surface area contributed by atoms with Gasteiger partial charge in [0.25, 0.3) is 0 Å². The Morgan fingerprint density at radius 2 is 1.85 bits per heavy atom. The molecule has 1 atom stereocenters. The van der Waals surface area contributed by atoms with Crippen molar-refractivity contribution in [2.75, 3.05) is 13.1 Å². The largest absolute Gasteiger partial charge is 0.481 e. The number of carboxylic acids is 1. The maximum absolute atomic E-state index is 12.5. The third kappa shape index (κ3) is 3.00. The summed E-state index contributed by atoms with van der Waals surface area (Å²) in [7, 11) is 0. The average molecular weight is 275 g/mol. The van der Waals surface area contributed by atoms with E-state index in [9.17, 15) is 9.59 Å². The number of benzene rings is 1. The summed E-state index contributed by atoms with van der Waals surface area (Å²) in [6.07, 6.45) is 1.54. The van der Waals surface area contributed by atoms with E-state index in [-0.39, 0.29) is 18.4 Å². The SMILES string of the molecule is CCN(CC(C)C(=O)O)C(=O)C1Cc2ccccc2C1. The summed E-state index contributed by atoms with van der Waals surface area (Å²) in [4.78, 5) is 25.1. The van der Waals surface area contributed by atoms with Gasteiger partial charge < -0.3 is 10.0 Å². The minimum absolute atomic E-state index is 0.0339. The van der Waals surface area contributed by atoms with Crippen LogP contribution >= 0.6 is 0 Å². The van der Waals surface area contributed by atoms with Crippen LogP contribution in [0.2, 0.25) is 0 Å². The zero-order valence-corrected chi connectivity index (χ0v) is 12.0. The molecule has 1 amide bonds. The molecule has 108 valence electrons. The van der Waals surface area contributed by atoms with Crippen LogP contribution in [0.1, 0.15) is 25.0 Å². The number of carbonyl (C=O) groups excluding carboxylic acids is 1. The Balaban J connectivity index is 2.02. The van der Waals surface area contributed by atoms with Crippen LogP contribution < -0.4 is 0 Å². The van der Waals surface area contributed by atoms with Crippen molar-refractivity contribution in [3.8, 4) is 0 Å². The Labute approximate surface area is 119 Å². The standard InChI is InChI=1S/C16H21NO3/c1-3-17(10-11(2)16(19)20)15(18)14-8-12-6-4-5-7-13(12)9-14/h4-7,11,14H,3,8-10H2,1-2H3,(H,19,20). The molecule has 0 fully saturated rings. The second kappa shape index (κ2) is 6.07. The molecule has 1 aromatic rings. The first-order chi connectivity index (χ1) is 9.52. The highest BCUT2D eigenvalue weighted by Crippen LogP contribution is 2.28. The number of fused-ring (bicyclic) bond motifs is 1. The summed E-state index contributed by atoms with van der Waals surface area (Å²) in [5, 5.41) is 8.98. The molecule has 4 nitrogen and oxygen atoms in total. The highest BCUT2D eigenvalue weighted by atomic mass is 16.4. The maximum Gasteiger partial charge on any atom is 0.308 e. The van der Waals surface area contributed by atoms with E-state index in [1.54, 1.807) is 11.8 Å². The first kappa shape index (κ1) is 14.6. The first-order valence-corrected chi connectivity index (χ1v) is 7.11. The molecule has 0 heterocycles. The summed E-state index contributed by atoms with van der Waals surface area (Å²) in [5.74, 6) is -1.33. The molecule has 20 heavy (non-hydrogen) atoms. The van der Waals surface area contributed by atoms with Crippen molar-refractivity contribution in [3.63, 3.8) is 0 Å². The van der Waals surface area contributed by atoms with Gasteiger partial charge in [-0.05, 0) is 30.9 Å². The molecular weight excluding hydrogens is 254 g/mol. The van der Waals surface area contributed by atoms with Gasteiger partial charge in [0, 0.05) is 19.0 Å². The first-order valence-electron chi connectivity index (χ1n) is 7.11. The molecule has 2 rings (SSSR count). The summed E-state index contributed by atoms with van der Waals surface area (Å²) in [5.41, 5.74) is 2.49. The smallest absolute Gasteiger partial charge is 0.308 e. The number of nitrogens with zero attached hydrogens (tertiary/aromatic N) is 1. The molecule has 0 radical (unpaired) electrons. The maximum atomic E-state index is 12.5. The van der Waals surface area contributed by atoms with E-state index in [4.69, 9.17) is 5.11 Å². The Bertz CT molecular complexity index is 487. The van der Waals surface area contributed by atoms with Crippen LogP contribution in [0, 0.1) is 11.8 Å². The van der Waals surface area contributed by atoms with Crippen molar-refractivity contribution in [2.45, 2.75) is 26.7 Å². The number of hydrogen-bond acceptors (Lipinski definition) is 2. The van der Waals surface area contributed by atoms with Crippen LogP contribution in [0.3, 0.4) is 0 Å². The van der Waals surface area contributed by atoms with E-state index >= 15 is 0 Å². The number of carboxylic acid groups (broad SMARTS) is 1. The molecule has 0 aromatic heterocycles. The fraction of sp³-hybridized carbons (Fsp3) is 0.500. The molecule has 4 heteroatoms. The van der Waals surface area contributed by atoms with Crippen LogP contribution in [-0.4, -0.2) is 35.0 Å². The van der Waals surface area contributed by atoms with Gasteiger partial charge >= 0.3 is 5.97 Å². The molecular formula is C16H21NO3. The van der Waals surface area contributed by atoms with Gasteiger partial charge in [0.1, 0.15) is 0 Å². The molecule has 1 unspecified atom stereocenters. The molecule has 0 saturated heterocycles. The van der Waals surface area contributed by atoms with E-state index in [0.29, 0.717) is 6.54 Å². The molecule has 0 spiro atoms. The van der Waals surface area contributed by atoms with E-state index < -0.39 is 11.9 Å². The fourth-order valence-corrected chi connectivity index (χ4v) is 2.78. The third-order valence-electron chi connectivity index (χ3n) is 4.01. The second-order valence-corrected chi connectivity index (χ2v) is 5.49. The predicted molar refractivity (Wildman–Crippen MR) is 76.4 cm³/mol. The van der Waals surface area contributed by atoms with Crippen molar-refractivity contribution in [2.24, 2.45) is 11.8 Å².